The fourth-order valence-corrected chi connectivity index (χ4v) is 2.62. The van der Waals surface area contributed by atoms with E-state index < -0.39 is 0 Å². The molecule has 124 valence electrons. The molecule has 0 saturated heterocycles. The summed E-state index contributed by atoms with van der Waals surface area (Å²) in [6.07, 6.45) is 2.89. The molecular formula is C19H30BrNS. The van der Waals surface area contributed by atoms with Crippen LogP contribution in [0.15, 0.2) is 57.0 Å². The van der Waals surface area contributed by atoms with E-state index in [0.29, 0.717) is 0 Å². The van der Waals surface area contributed by atoms with Gasteiger partial charge >= 0.3 is 0 Å². The van der Waals surface area contributed by atoms with Crippen LogP contribution in [0, 0.1) is 0 Å². The first-order valence-corrected chi connectivity index (χ1v) is 9.78. The topological polar surface area (TPSA) is 12.9 Å². The molecule has 22 heavy (non-hydrogen) atoms. The van der Waals surface area contributed by atoms with Crippen molar-refractivity contribution >= 4 is 27.7 Å². The quantitative estimate of drug-likeness (QED) is 0.539. The van der Waals surface area contributed by atoms with Crippen molar-refractivity contribution in [1.82, 2.24) is 4.98 Å². The summed E-state index contributed by atoms with van der Waals surface area (Å²) in [6, 6.07) is 12.5. The van der Waals surface area contributed by atoms with Crippen LogP contribution in [0.4, 0.5) is 0 Å². The Bertz CT molecular complexity index is 469. The number of rotatable bonds is 3. The second-order valence-electron chi connectivity index (χ2n) is 3.38. The summed E-state index contributed by atoms with van der Waals surface area (Å²) in [4.78, 5) is 5.66. The Morgan fingerprint density at radius 1 is 0.909 bits per heavy atom. The van der Waals surface area contributed by atoms with Crippen molar-refractivity contribution in [3.05, 3.63) is 52.6 Å². The molecule has 0 atom stereocenters. The third-order valence-electron chi connectivity index (χ3n) is 2.27. The molecule has 3 heteroatoms. The number of hydrogen-bond acceptors (Lipinski definition) is 2. The van der Waals surface area contributed by atoms with Gasteiger partial charge in [-0.25, -0.2) is 4.98 Å². The third kappa shape index (κ3) is 9.26. The van der Waals surface area contributed by atoms with Crippen LogP contribution in [0.25, 0.3) is 0 Å². The van der Waals surface area contributed by atoms with Crippen molar-refractivity contribution in [3.63, 3.8) is 0 Å². The molecule has 0 aliphatic rings. The van der Waals surface area contributed by atoms with Crippen LogP contribution in [0.5, 0.6) is 0 Å². The monoisotopic (exact) mass is 383 g/mol. The van der Waals surface area contributed by atoms with Gasteiger partial charge in [0, 0.05) is 15.6 Å². The van der Waals surface area contributed by atoms with Crippen LogP contribution >= 0.6 is 27.7 Å². The molecular weight excluding hydrogens is 354 g/mol. The molecule has 0 fully saturated rings. The minimum absolute atomic E-state index is 1.01. The van der Waals surface area contributed by atoms with E-state index in [2.05, 4.69) is 52.1 Å². The first-order chi connectivity index (χ1) is 10.8. The zero-order valence-corrected chi connectivity index (χ0v) is 17.4. The molecule has 1 aromatic carbocycles. The van der Waals surface area contributed by atoms with E-state index in [4.69, 9.17) is 0 Å². The van der Waals surface area contributed by atoms with Crippen LogP contribution in [-0.2, 0) is 6.42 Å². The summed E-state index contributed by atoms with van der Waals surface area (Å²) >= 11 is 5.10. The maximum atomic E-state index is 4.37. The van der Waals surface area contributed by atoms with Gasteiger partial charge in [-0.15, -0.1) is 0 Å². The zero-order valence-electron chi connectivity index (χ0n) is 15.0. The number of pyridine rings is 1. The number of nitrogens with zero attached hydrogens (tertiary/aromatic N) is 1. The smallest absolute Gasteiger partial charge is 0.101 e. The van der Waals surface area contributed by atoms with Crippen LogP contribution in [-0.4, -0.2) is 4.98 Å². The Morgan fingerprint density at radius 2 is 1.50 bits per heavy atom. The van der Waals surface area contributed by atoms with Gasteiger partial charge in [0.1, 0.15) is 5.03 Å². The average Bonchev–Trinajstić information content (AvgIpc) is 2.63. The van der Waals surface area contributed by atoms with Gasteiger partial charge < -0.3 is 0 Å². The third-order valence-corrected chi connectivity index (χ3v) is 3.81. The van der Waals surface area contributed by atoms with Crippen molar-refractivity contribution in [3.8, 4) is 0 Å². The van der Waals surface area contributed by atoms with Crippen molar-refractivity contribution in [2.75, 3.05) is 0 Å². The van der Waals surface area contributed by atoms with E-state index in [1.54, 1.807) is 11.8 Å². The van der Waals surface area contributed by atoms with Crippen molar-refractivity contribution in [2.45, 2.75) is 64.8 Å². The molecule has 0 unspecified atom stereocenters. The lowest BCUT2D eigenvalue weighted by molar-refractivity contribution is 1.07. The predicted octanol–water partition coefficient (Wildman–Crippen LogP) is 7.64. The molecule has 0 bridgehead atoms. The predicted molar refractivity (Wildman–Crippen MR) is 106 cm³/mol. The molecule has 0 saturated carbocycles. The summed E-state index contributed by atoms with van der Waals surface area (Å²) in [5, 5.41) is 1.03. The lowest BCUT2D eigenvalue weighted by atomic mass is 10.2. The maximum Gasteiger partial charge on any atom is 0.101 e. The second-order valence-corrected chi connectivity index (χ2v) is 5.36. The highest BCUT2D eigenvalue weighted by Crippen LogP contribution is 2.29. The largest absolute Gasteiger partial charge is 0.248 e. The normalized spacial score (nSPS) is 8.36. The van der Waals surface area contributed by atoms with Crippen LogP contribution < -0.4 is 0 Å². The fourth-order valence-electron chi connectivity index (χ4n) is 1.43. The molecule has 0 aliphatic heterocycles. The van der Waals surface area contributed by atoms with Gasteiger partial charge in [-0.05, 0) is 46.1 Å². The highest BCUT2D eigenvalue weighted by Gasteiger charge is 2.02. The Hall–Kier alpha value is -0.800. The molecule has 0 amide bonds. The fraction of sp³-hybridized carbons (Fsp3) is 0.421. The summed E-state index contributed by atoms with van der Waals surface area (Å²) < 4.78 is 1.01. The molecule has 2 aromatic rings. The molecule has 0 spiro atoms. The standard InChI is InChI=1S/C13H12BrNS.3C2H6/c1-2-10-5-3-4-6-12(10)16-13-8-7-11(14)9-15-13;3*1-2/h3-9H,2H2,1H3;3*1-2H3. The Balaban J connectivity index is 0. The Labute approximate surface area is 150 Å². The second kappa shape index (κ2) is 16.6. The molecule has 2 rings (SSSR count). The van der Waals surface area contributed by atoms with Gasteiger partial charge in [-0.3, -0.25) is 0 Å². The van der Waals surface area contributed by atoms with Gasteiger partial charge in [0.25, 0.3) is 0 Å². The molecule has 1 nitrogen and oxygen atoms in total. The highest BCUT2D eigenvalue weighted by molar-refractivity contribution is 9.10. The molecule has 0 N–H and O–H groups in total. The minimum atomic E-state index is 1.01. The van der Waals surface area contributed by atoms with E-state index in [9.17, 15) is 0 Å². The van der Waals surface area contributed by atoms with E-state index in [1.165, 1.54) is 10.5 Å². The van der Waals surface area contributed by atoms with E-state index in [-0.39, 0.29) is 0 Å². The van der Waals surface area contributed by atoms with Gasteiger partial charge in [0.05, 0.1) is 0 Å². The molecule has 1 aromatic heterocycles. The van der Waals surface area contributed by atoms with Gasteiger partial charge in [0.2, 0.25) is 0 Å². The van der Waals surface area contributed by atoms with Gasteiger partial charge in [-0.1, -0.05) is 78.4 Å². The number of halogens is 1. The van der Waals surface area contributed by atoms with Gasteiger partial charge in [-0.2, -0.15) is 0 Å². The number of benzene rings is 1. The molecule has 0 radical (unpaired) electrons. The maximum absolute atomic E-state index is 4.37. The molecule has 1 heterocycles. The van der Waals surface area contributed by atoms with Crippen molar-refractivity contribution in [1.29, 1.82) is 0 Å². The molecule has 0 aliphatic carbocycles. The Kier molecular flexibility index (Phi) is 17.7. The summed E-state index contributed by atoms with van der Waals surface area (Å²) in [7, 11) is 0. The lowest BCUT2D eigenvalue weighted by Gasteiger charge is -2.06. The number of hydrogen-bond donors (Lipinski definition) is 0. The average molecular weight is 384 g/mol. The number of aryl methyl sites for hydroxylation is 1. The summed E-state index contributed by atoms with van der Waals surface area (Å²) in [5.74, 6) is 0. The minimum Gasteiger partial charge on any atom is -0.248 e. The van der Waals surface area contributed by atoms with E-state index in [0.717, 1.165) is 15.9 Å². The van der Waals surface area contributed by atoms with E-state index in [1.807, 2.05) is 59.9 Å². The first-order valence-electron chi connectivity index (χ1n) is 8.17. The van der Waals surface area contributed by atoms with Crippen molar-refractivity contribution < 1.29 is 0 Å². The number of aromatic nitrogens is 1. The van der Waals surface area contributed by atoms with E-state index >= 15 is 0 Å². The van der Waals surface area contributed by atoms with Crippen LogP contribution in [0.1, 0.15) is 54.0 Å². The lowest BCUT2D eigenvalue weighted by Crippen LogP contribution is -1.85. The SMILES string of the molecule is CC.CC.CC.CCc1ccccc1Sc1ccc(Br)cn1. The zero-order chi connectivity index (χ0) is 17.4. The van der Waals surface area contributed by atoms with Crippen LogP contribution in [0.2, 0.25) is 0 Å². The van der Waals surface area contributed by atoms with Crippen LogP contribution in [0.3, 0.4) is 0 Å². The summed E-state index contributed by atoms with van der Waals surface area (Å²) in [6.45, 7) is 14.2. The Morgan fingerprint density at radius 3 is 2.00 bits per heavy atom. The first kappa shape index (κ1) is 23.5. The highest BCUT2D eigenvalue weighted by atomic mass is 79.9. The van der Waals surface area contributed by atoms with Crippen molar-refractivity contribution in [2.24, 2.45) is 0 Å². The summed E-state index contributed by atoms with van der Waals surface area (Å²) in [5.41, 5.74) is 1.37. The van der Waals surface area contributed by atoms with Gasteiger partial charge in [0.15, 0.2) is 0 Å².